The van der Waals surface area contributed by atoms with Crippen LogP contribution in [0, 0.1) is 17.8 Å². The van der Waals surface area contributed by atoms with Crippen molar-refractivity contribution >= 4 is 29.3 Å². The third-order valence-corrected chi connectivity index (χ3v) is 6.09. The quantitative estimate of drug-likeness (QED) is 0.579. The second-order valence-corrected chi connectivity index (χ2v) is 8.66. The van der Waals surface area contributed by atoms with Gasteiger partial charge in [-0.15, -0.1) is 0 Å². The van der Waals surface area contributed by atoms with E-state index >= 15 is 0 Å². The monoisotopic (exact) mass is 490 g/mol. The fourth-order valence-corrected chi connectivity index (χ4v) is 4.42. The molecule has 190 valence electrons. The van der Waals surface area contributed by atoms with E-state index in [0.717, 1.165) is 0 Å². The molecule has 5 atom stereocenters. The lowest BCUT2D eigenvalue weighted by atomic mass is 9.71. The summed E-state index contributed by atoms with van der Waals surface area (Å²) < 4.78 is 27.7. The van der Waals surface area contributed by atoms with Crippen LogP contribution in [-0.4, -0.2) is 68.1 Å². The summed E-state index contributed by atoms with van der Waals surface area (Å²) in [5, 5.41) is 0. The Bertz CT molecular complexity index is 953. The van der Waals surface area contributed by atoms with Crippen LogP contribution in [0.15, 0.2) is 24.3 Å². The van der Waals surface area contributed by atoms with Gasteiger partial charge in [0.2, 0.25) is 0 Å². The zero-order valence-corrected chi connectivity index (χ0v) is 20.0. The number of rotatable bonds is 3. The van der Waals surface area contributed by atoms with Crippen LogP contribution in [0.5, 0.6) is 5.75 Å². The fourth-order valence-electron chi connectivity index (χ4n) is 4.42. The molecule has 3 aliphatic rings. The van der Waals surface area contributed by atoms with Crippen molar-refractivity contribution in [3.63, 3.8) is 0 Å². The lowest BCUT2D eigenvalue weighted by Crippen LogP contribution is -2.56. The highest BCUT2D eigenvalue weighted by atomic mass is 16.7. The van der Waals surface area contributed by atoms with Gasteiger partial charge < -0.3 is 23.7 Å². The Morgan fingerprint density at radius 2 is 1.40 bits per heavy atom. The third-order valence-electron chi connectivity index (χ3n) is 6.09. The number of ketones is 3. The largest absolute Gasteiger partial charge is 0.482 e. The van der Waals surface area contributed by atoms with Crippen LogP contribution < -0.4 is 4.74 Å². The first-order valence-corrected chi connectivity index (χ1v) is 11.5. The van der Waals surface area contributed by atoms with Gasteiger partial charge in [-0.2, -0.15) is 0 Å². The summed E-state index contributed by atoms with van der Waals surface area (Å²) in [5.74, 6) is -4.81. The molecular formula is C25H30O10. The second-order valence-electron chi connectivity index (χ2n) is 8.66. The average molecular weight is 491 g/mol. The molecule has 0 spiro atoms. The van der Waals surface area contributed by atoms with E-state index in [0.29, 0.717) is 18.6 Å². The summed E-state index contributed by atoms with van der Waals surface area (Å²) >= 11 is 0. The zero-order valence-electron chi connectivity index (χ0n) is 20.0. The van der Waals surface area contributed by atoms with Gasteiger partial charge in [0.05, 0.1) is 24.0 Å². The van der Waals surface area contributed by atoms with E-state index in [1.54, 1.807) is 0 Å². The molecule has 3 aliphatic heterocycles. The molecule has 0 aromatic heterocycles. The number of hydrogen-bond donors (Lipinski definition) is 0. The van der Waals surface area contributed by atoms with Crippen LogP contribution >= 0.6 is 0 Å². The van der Waals surface area contributed by atoms with Crippen LogP contribution in [0.2, 0.25) is 0 Å². The zero-order chi connectivity index (χ0) is 25.5. The molecule has 2 unspecified atom stereocenters. The number of esters is 2. The first-order chi connectivity index (χ1) is 16.7. The molecule has 0 saturated carbocycles. The molecule has 1 fully saturated rings. The van der Waals surface area contributed by atoms with Crippen LogP contribution in [0.4, 0.5) is 0 Å². The van der Waals surface area contributed by atoms with Crippen molar-refractivity contribution in [3.8, 4) is 5.75 Å². The van der Waals surface area contributed by atoms with Crippen molar-refractivity contribution < 1.29 is 47.7 Å². The molecule has 4 bridgehead atoms. The SMILES string of the molecule is CC(=O)[C@H]1[C@H](C(C)=O)C2COC(=O)c3ccc(cc3)OCC(=O)OCCCCOC(O2)[C@@H]1C(C)=O. The lowest BCUT2D eigenvalue weighted by Gasteiger charge is -2.44. The summed E-state index contributed by atoms with van der Waals surface area (Å²) in [6, 6.07) is 5.97. The molecule has 0 N–H and O–H groups in total. The smallest absolute Gasteiger partial charge is 0.344 e. The Labute approximate surface area is 203 Å². The Balaban J connectivity index is 1.88. The molecule has 3 heterocycles. The van der Waals surface area contributed by atoms with E-state index < -0.39 is 42.1 Å². The summed E-state index contributed by atoms with van der Waals surface area (Å²) in [6.07, 6.45) is -1.10. The number of benzene rings is 1. The molecule has 35 heavy (non-hydrogen) atoms. The minimum Gasteiger partial charge on any atom is -0.482 e. The van der Waals surface area contributed by atoms with Gasteiger partial charge in [-0.1, -0.05) is 0 Å². The van der Waals surface area contributed by atoms with E-state index in [4.69, 9.17) is 23.7 Å². The minimum absolute atomic E-state index is 0.152. The Hall–Kier alpha value is -3.11. The van der Waals surface area contributed by atoms with Gasteiger partial charge in [-0.3, -0.25) is 14.4 Å². The fraction of sp³-hybridized carbons (Fsp3) is 0.560. The normalized spacial score (nSPS) is 28.4. The summed E-state index contributed by atoms with van der Waals surface area (Å²) in [4.78, 5) is 62.2. The van der Waals surface area contributed by atoms with Crippen molar-refractivity contribution in [2.45, 2.75) is 46.0 Å². The number of carbonyl (C=O) groups excluding carboxylic acids is 5. The highest BCUT2D eigenvalue weighted by Crippen LogP contribution is 2.38. The number of carbonyl (C=O) groups is 5. The highest BCUT2D eigenvalue weighted by molar-refractivity contribution is 5.93. The van der Waals surface area contributed by atoms with Gasteiger partial charge in [0.25, 0.3) is 0 Å². The molecule has 1 aromatic rings. The molecular weight excluding hydrogens is 460 g/mol. The maximum Gasteiger partial charge on any atom is 0.344 e. The molecule has 10 nitrogen and oxygen atoms in total. The summed E-state index contributed by atoms with van der Waals surface area (Å²) in [5.41, 5.74) is 0.213. The van der Waals surface area contributed by atoms with Crippen LogP contribution in [-0.2, 0) is 38.1 Å². The lowest BCUT2D eigenvalue weighted by molar-refractivity contribution is -0.251. The van der Waals surface area contributed by atoms with E-state index in [1.807, 2.05) is 0 Å². The van der Waals surface area contributed by atoms with Crippen molar-refractivity contribution in [1.82, 2.24) is 0 Å². The minimum atomic E-state index is -1.10. The second kappa shape index (κ2) is 12.0. The van der Waals surface area contributed by atoms with Crippen molar-refractivity contribution in [2.24, 2.45) is 17.8 Å². The van der Waals surface area contributed by atoms with Gasteiger partial charge in [-0.05, 0) is 57.9 Å². The average Bonchev–Trinajstić information content (AvgIpc) is 2.82. The van der Waals surface area contributed by atoms with E-state index in [-0.39, 0.29) is 49.3 Å². The molecule has 1 saturated heterocycles. The number of Topliss-reactive ketones (excluding diaryl/α,β-unsaturated/α-hetero) is 3. The van der Waals surface area contributed by atoms with Gasteiger partial charge in [0.1, 0.15) is 35.8 Å². The number of fused-ring (bicyclic) bond motifs is 12. The van der Waals surface area contributed by atoms with Gasteiger partial charge >= 0.3 is 11.9 Å². The van der Waals surface area contributed by atoms with Crippen molar-refractivity contribution in [2.75, 3.05) is 26.4 Å². The van der Waals surface area contributed by atoms with E-state index in [2.05, 4.69) is 0 Å². The molecule has 0 radical (unpaired) electrons. The van der Waals surface area contributed by atoms with Crippen LogP contribution in [0.3, 0.4) is 0 Å². The van der Waals surface area contributed by atoms with Crippen molar-refractivity contribution in [1.29, 1.82) is 0 Å². The molecule has 0 amide bonds. The standard InChI is InChI=1S/C25H30O10/c1-14(26)21-19-12-34-24(30)17-6-8-18(9-7-17)33-13-20(29)31-10-4-5-11-32-25(35-19)23(16(3)28)22(21)15(2)27/h6-9,19,21-23,25H,4-5,10-13H2,1-3H3/t19?,21-,22+,23-,25?/m1/s1. The maximum atomic E-state index is 12.6. The first-order valence-electron chi connectivity index (χ1n) is 11.5. The van der Waals surface area contributed by atoms with Gasteiger partial charge in [0.15, 0.2) is 12.9 Å². The van der Waals surface area contributed by atoms with Gasteiger partial charge in [0, 0.05) is 12.5 Å². The van der Waals surface area contributed by atoms with Crippen molar-refractivity contribution in [3.05, 3.63) is 29.8 Å². The Kier molecular flexibility index (Phi) is 9.11. The maximum absolute atomic E-state index is 12.6. The van der Waals surface area contributed by atoms with E-state index in [9.17, 15) is 24.0 Å². The topological polar surface area (TPSA) is 132 Å². The van der Waals surface area contributed by atoms with Crippen LogP contribution in [0.25, 0.3) is 0 Å². The van der Waals surface area contributed by atoms with E-state index in [1.165, 1.54) is 45.0 Å². The van der Waals surface area contributed by atoms with Gasteiger partial charge in [-0.25, -0.2) is 9.59 Å². The number of ether oxygens (including phenoxy) is 5. The third kappa shape index (κ3) is 6.73. The predicted molar refractivity (Wildman–Crippen MR) is 120 cm³/mol. The predicted octanol–water partition coefficient (Wildman–Crippen LogP) is 1.92. The summed E-state index contributed by atoms with van der Waals surface area (Å²) in [6.45, 7) is 3.69. The number of hydrogen-bond acceptors (Lipinski definition) is 10. The van der Waals surface area contributed by atoms with Crippen LogP contribution in [0.1, 0.15) is 44.0 Å². The Morgan fingerprint density at radius 1 is 0.771 bits per heavy atom. The highest BCUT2D eigenvalue weighted by Gasteiger charge is 2.52. The first kappa shape index (κ1) is 26.5. The Morgan fingerprint density at radius 3 is 2.03 bits per heavy atom. The summed E-state index contributed by atoms with van der Waals surface area (Å²) in [7, 11) is 0. The molecule has 0 aliphatic carbocycles. The molecule has 1 aromatic carbocycles. The molecule has 10 heteroatoms. The molecule has 4 rings (SSSR count).